The molecule has 0 spiro atoms. The van der Waals surface area contributed by atoms with E-state index in [9.17, 15) is 5.11 Å². The normalized spacial score (nSPS) is 12.3. The third-order valence-electron chi connectivity index (χ3n) is 11.8. The third kappa shape index (κ3) is 9.72. The minimum absolute atomic E-state index is 0. The second kappa shape index (κ2) is 19.8. The van der Waals surface area contributed by atoms with Gasteiger partial charge in [-0.2, -0.15) is 0 Å². The molecule has 8 aromatic carbocycles. The highest BCUT2D eigenvalue weighted by Gasteiger charge is 2.30. The quantitative estimate of drug-likeness (QED) is 0.139. The van der Waals surface area contributed by atoms with E-state index in [2.05, 4.69) is 144 Å². The van der Waals surface area contributed by atoms with Gasteiger partial charge in [-0.05, 0) is 63.9 Å². The summed E-state index contributed by atoms with van der Waals surface area (Å²) in [7, 11) is 3.91. The van der Waals surface area contributed by atoms with Crippen LogP contribution < -0.4 is 0 Å². The molecule has 2 heterocycles. The fourth-order valence-electron chi connectivity index (χ4n) is 8.34. The Bertz CT molecular complexity index is 3180. The van der Waals surface area contributed by atoms with Crippen LogP contribution in [0.4, 0.5) is 11.4 Å². The lowest BCUT2D eigenvalue weighted by Gasteiger charge is -2.23. The molecule has 0 bridgehead atoms. The molecule has 0 aliphatic rings. The zero-order valence-corrected chi connectivity index (χ0v) is 37.0. The van der Waals surface area contributed by atoms with E-state index < -0.39 is 5.60 Å². The van der Waals surface area contributed by atoms with Gasteiger partial charge in [0.15, 0.2) is 0 Å². The maximum atomic E-state index is 11.5. The Balaban J connectivity index is 0.000000193. The van der Waals surface area contributed by atoms with E-state index in [0.717, 1.165) is 67.1 Å². The first-order valence-electron chi connectivity index (χ1n) is 21.8. The van der Waals surface area contributed by atoms with Crippen LogP contribution in [-0.2, 0) is 19.7 Å². The van der Waals surface area contributed by atoms with E-state index in [1.54, 1.807) is 13.3 Å². The molecule has 7 heteroatoms. The molecule has 10 rings (SSSR count). The molecular weight excluding hydrogens is 809 g/mol. The lowest BCUT2D eigenvalue weighted by Crippen LogP contribution is -2.23. The Kier molecular flexibility index (Phi) is 13.4. The number of aliphatic imine (C=N–C) groups is 2. The number of imidazole rings is 2. The maximum Gasteiger partial charge on any atom is 0.131 e. The molecule has 0 aliphatic heterocycles. The molecule has 66 heavy (non-hydrogen) atoms. The zero-order valence-electron chi connectivity index (χ0n) is 37.0. The van der Waals surface area contributed by atoms with Gasteiger partial charge in [0.2, 0.25) is 0 Å². The van der Waals surface area contributed by atoms with E-state index >= 15 is 0 Å². The average Bonchev–Trinajstić information content (AvgIpc) is 4.01. The highest BCUT2D eigenvalue weighted by molar-refractivity contribution is 6.15. The average molecular weight is 866 g/mol. The van der Waals surface area contributed by atoms with Crippen LogP contribution in [-0.4, -0.2) is 35.6 Å². The lowest BCUT2D eigenvalue weighted by atomic mass is 9.88. The van der Waals surface area contributed by atoms with E-state index in [0.29, 0.717) is 5.69 Å². The molecule has 7 nitrogen and oxygen atoms in total. The van der Waals surface area contributed by atoms with Gasteiger partial charge in [-0.3, -0.25) is 0 Å². The molecule has 328 valence electrons. The van der Waals surface area contributed by atoms with E-state index in [-0.39, 0.29) is 14.8 Å². The standard InChI is InChI=1S/C29H25N3O.C29H25N3.CH4.H2/c1-29(33,27-19-32(2)20-30-27)26-15-9-14-21-16-17-24(18-25(21)26)31-28(22-10-5-3-6-11-22)23-12-7-4-8-13-23;1-21(28-19-32(2)20-30-28)26-15-9-14-22-16-17-25(18-27(22)26)31-29(23-10-5-3-6-11-23)24-12-7-4-8-13-24;;/h3-20,33H,1-2H3;3-21H,1-2H3;1H4;1H/i;;;1+1. The first-order chi connectivity index (χ1) is 31.7. The van der Waals surface area contributed by atoms with Gasteiger partial charge in [0, 0.05) is 56.1 Å². The number of benzene rings is 8. The second-order valence-corrected chi connectivity index (χ2v) is 16.5. The number of rotatable bonds is 10. The van der Waals surface area contributed by atoms with Crippen LogP contribution in [0.15, 0.2) is 229 Å². The highest BCUT2D eigenvalue weighted by atomic mass is 16.3. The van der Waals surface area contributed by atoms with Crippen molar-refractivity contribution in [2.45, 2.75) is 32.8 Å². The summed E-state index contributed by atoms with van der Waals surface area (Å²) in [4.78, 5) is 19.2. The Morgan fingerprint density at radius 2 is 0.970 bits per heavy atom. The number of aromatic nitrogens is 4. The molecule has 0 amide bonds. The van der Waals surface area contributed by atoms with Crippen molar-refractivity contribution < 1.29 is 6.53 Å². The van der Waals surface area contributed by atoms with Crippen molar-refractivity contribution in [3.63, 3.8) is 0 Å². The van der Waals surface area contributed by atoms with Crippen LogP contribution in [0.3, 0.4) is 0 Å². The number of nitrogens with zero attached hydrogens (tertiary/aromatic N) is 6. The molecule has 0 saturated heterocycles. The molecule has 10 aromatic rings. The summed E-state index contributed by atoms with van der Waals surface area (Å²) < 4.78 is 3.84. The Labute approximate surface area is 389 Å². The second-order valence-electron chi connectivity index (χ2n) is 16.5. The lowest BCUT2D eigenvalue weighted by molar-refractivity contribution is 0.0994. The predicted octanol–water partition coefficient (Wildman–Crippen LogP) is 13.8. The fourth-order valence-corrected chi connectivity index (χ4v) is 8.34. The summed E-state index contributed by atoms with van der Waals surface area (Å²) in [5, 5.41) is 15.9. The smallest absolute Gasteiger partial charge is 0.131 e. The molecule has 0 radical (unpaired) electrons. The number of hydrogen-bond donors (Lipinski definition) is 1. The SMILES string of the molecule is C.CC(c1cn(C)cn1)c1cccc2ccc(N=C(c3ccccc3)c3ccccc3)cc12.Cn1cnc(C(C)(O)c2cccc3ccc(N=C(c4ccccc4)c4ccccc4)cc23)c1.[2HH]. The fraction of sp³-hybridized carbons (Fsp3) is 0.119. The Hall–Kier alpha value is -8.00. The minimum Gasteiger partial charge on any atom is -0.379 e. The molecule has 2 unspecified atom stereocenters. The summed E-state index contributed by atoms with van der Waals surface area (Å²) in [6, 6.07) is 66.2. The van der Waals surface area contributed by atoms with Crippen LogP contribution in [0.1, 0.15) is 73.4 Å². The van der Waals surface area contributed by atoms with Crippen LogP contribution in [0.25, 0.3) is 21.5 Å². The summed E-state index contributed by atoms with van der Waals surface area (Å²) in [5.41, 5.74) is 10.5. The monoisotopic (exact) mass is 865 g/mol. The number of aliphatic hydroxyl groups is 1. The van der Waals surface area contributed by atoms with Gasteiger partial charge >= 0.3 is 0 Å². The number of hydrogen-bond acceptors (Lipinski definition) is 5. The van der Waals surface area contributed by atoms with Gasteiger partial charge in [-0.25, -0.2) is 20.0 Å². The molecule has 0 saturated carbocycles. The number of fused-ring (bicyclic) bond motifs is 2. The van der Waals surface area contributed by atoms with E-state index in [1.807, 2.05) is 109 Å². The van der Waals surface area contributed by atoms with Crippen molar-refractivity contribution in [3.05, 3.63) is 264 Å². The molecule has 2 atom stereocenters. The predicted molar refractivity (Wildman–Crippen MR) is 276 cm³/mol. The summed E-state index contributed by atoms with van der Waals surface area (Å²) in [5.74, 6) is 0.196. The van der Waals surface area contributed by atoms with Crippen molar-refractivity contribution in [3.8, 4) is 0 Å². The maximum absolute atomic E-state index is 11.5. The van der Waals surface area contributed by atoms with Crippen molar-refractivity contribution in [1.82, 2.24) is 19.1 Å². The van der Waals surface area contributed by atoms with Gasteiger partial charge in [0.05, 0.1) is 46.8 Å². The highest BCUT2D eigenvalue weighted by Crippen LogP contribution is 2.36. The Morgan fingerprint density at radius 3 is 1.42 bits per heavy atom. The van der Waals surface area contributed by atoms with Crippen molar-refractivity contribution in [2.75, 3.05) is 0 Å². The number of aryl methyl sites for hydroxylation is 2. The topological polar surface area (TPSA) is 80.6 Å². The molecule has 1 N–H and O–H groups in total. The van der Waals surface area contributed by atoms with Crippen LogP contribution in [0.5, 0.6) is 0 Å². The van der Waals surface area contributed by atoms with Gasteiger partial charge in [-0.15, -0.1) is 0 Å². The van der Waals surface area contributed by atoms with E-state index in [4.69, 9.17) is 9.98 Å². The minimum atomic E-state index is -1.23. The van der Waals surface area contributed by atoms with Crippen molar-refractivity contribution in [1.29, 1.82) is 0 Å². The van der Waals surface area contributed by atoms with Crippen LogP contribution in [0.2, 0.25) is 0 Å². The van der Waals surface area contributed by atoms with Gasteiger partial charge in [-0.1, -0.05) is 184 Å². The molecular formula is C59H56N6O. The molecule has 2 aromatic heterocycles. The van der Waals surface area contributed by atoms with Gasteiger partial charge in [0.1, 0.15) is 5.60 Å². The van der Waals surface area contributed by atoms with Crippen molar-refractivity contribution in [2.24, 2.45) is 24.1 Å². The van der Waals surface area contributed by atoms with Crippen LogP contribution in [0, 0.1) is 0 Å². The largest absolute Gasteiger partial charge is 0.379 e. The van der Waals surface area contributed by atoms with Gasteiger partial charge in [0.25, 0.3) is 0 Å². The third-order valence-corrected chi connectivity index (χ3v) is 11.8. The zero-order chi connectivity index (χ0) is 44.8. The summed E-state index contributed by atoms with van der Waals surface area (Å²) in [6.45, 7) is 4.01. The van der Waals surface area contributed by atoms with Crippen LogP contribution >= 0.6 is 0 Å². The Morgan fingerprint density at radius 1 is 0.530 bits per heavy atom. The van der Waals surface area contributed by atoms with Gasteiger partial charge < -0.3 is 14.2 Å². The molecule has 0 fully saturated rings. The molecule has 0 aliphatic carbocycles. The summed E-state index contributed by atoms with van der Waals surface area (Å²) >= 11 is 0. The first-order valence-corrected chi connectivity index (χ1v) is 21.8. The van der Waals surface area contributed by atoms with Crippen molar-refractivity contribution >= 4 is 44.3 Å². The van der Waals surface area contributed by atoms with E-state index in [1.165, 1.54) is 16.3 Å². The summed E-state index contributed by atoms with van der Waals surface area (Å²) in [6.07, 6.45) is 7.51. The first kappa shape index (κ1) is 44.6.